The maximum atomic E-state index is 12.0. The normalized spacial score (nSPS) is 12.0. The second kappa shape index (κ2) is 8.82. The van der Waals surface area contributed by atoms with Crippen molar-refractivity contribution >= 4 is 11.5 Å². The highest BCUT2D eigenvalue weighted by atomic mass is 16.5. The van der Waals surface area contributed by atoms with E-state index >= 15 is 0 Å². The van der Waals surface area contributed by atoms with E-state index in [1.54, 1.807) is 20.1 Å². The molecule has 0 spiro atoms. The van der Waals surface area contributed by atoms with Gasteiger partial charge in [-0.3, -0.25) is 9.89 Å². The summed E-state index contributed by atoms with van der Waals surface area (Å²) in [6.45, 7) is 5.79. The molecule has 0 saturated carbocycles. The molecule has 0 fully saturated rings. The number of para-hydroxylation sites is 2. The minimum Gasteiger partial charge on any atom is -0.493 e. The summed E-state index contributed by atoms with van der Waals surface area (Å²) < 4.78 is 11.5. The van der Waals surface area contributed by atoms with Crippen LogP contribution in [0.4, 0.5) is 5.69 Å². The zero-order valence-electron chi connectivity index (χ0n) is 17.2. The van der Waals surface area contributed by atoms with Crippen LogP contribution in [0.3, 0.4) is 0 Å². The number of aromatic amines is 1. The summed E-state index contributed by atoms with van der Waals surface area (Å²) >= 11 is 0. The Bertz CT molecular complexity index is 995. The summed E-state index contributed by atoms with van der Waals surface area (Å²) in [7, 11) is 1.59. The number of H-pyrrole nitrogens is 1. The smallest absolute Gasteiger partial charge is 0.169 e. The molecule has 1 aromatic heterocycles. The van der Waals surface area contributed by atoms with Gasteiger partial charge in [0.25, 0.3) is 0 Å². The van der Waals surface area contributed by atoms with E-state index in [0.29, 0.717) is 29.4 Å². The maximum Gasteiger partial charge on any atom is 0.169 e. The third kappa shape index (κ3) is 4.59. The summed E-state index contributed by atoms with van der Waals surface area (Å²) in [5, 5.41) is 7.34. The predicted octanol–water partition coefficient (Wildman–Crippen LogP) is 5.03. The van der Waals surface area contributed by atoms with Crippen molar-refractivity contribution in [3.63, 3.8) is 0 Å². The summed E-state index contributed by atoms with van der Waals surface area (Å²) in [6, 6.07) is 13.0. The first-order valence-corrected chi connectivity index (χ1v) is 9.64. The highest BCUT2D eigenvalue weighted by Gasteiger charge is 2.24. The zero-order chi connectivity index (χ0) is 21.0. The minimum atomic E-state index is -0.117. The van der Waals surface area contributed by atoms with Crippen LogP contribution in [-0.2, 0) is 4.79 Å². The van der Waals surface area contributed by atoms with Crippen LogP contribution < -0.4 is 15.2 Å². The van der Waals surface area contributed by atoms with Crippen LogP contribution in [0, 0.1) is 0 Å². The molecule has 0 radical (unpaired) electrons. The van der Waals surface area contributed by atoms with Gasteiger partial charge in [0.05, 0.1) is 18.5 Å². The first-order chi connectivity index (χ1) is 13.9. The van der Waals surface area contributed by atoms with Gasteiger partial charge in [-0.15, -0.1) is 0 Å². The molecule has 0 bridgehead atoms. The number of nitrogens with zero attached hydrogens (tertiary/aromatic N) is 1. The van der Waals surface area contributed by atoms with Gasteiger partial charge in [0.15, 0.2) is 17.2 Å². The lowest BCUT2D eigenvalue weighted by Gasteiger charge is -2.20. The second-order valence-electron chi connectivity index (χ2n) is 7.39. The van der Waals surface area contributed by atoms with Crippen LogP contribution in [-0.4, -0.2) is 23.1 Å². The van der Waals surface area contributed by atoms with Gasteiger partial charge < -0.3 is 15.2 Å². The van der Waals surface area contributed by atoms with E-state index in [1.165, 1.54) is 0 Å². The number of anilines is 1. The number of hydrogen-bond acceptors (Lipinski definition) is 5. The van der Waals surface area contributed by atoms with Gasteiger partial charge in [-0.25, -0.2) is 0 Å². The van der Waals surface area contributed by atoms with Crippen molar-refractivity contribution in [2.24, 2.45) is 0 Å². The Morgan fingerprint density at radius 3 is 2.55 bits per heavy atom. The molecular formula is C23H27N3O3. The first-order valence-electron chi connectivity index (χ1n) is 9.64. The number of nitrogen functional groups attached to an aromatic ring is 1. The number of nitrogens with one attached hydrogen (secondary N) is 1. The molecule has 0 aliphatic heterocycles. The fraction of sp³-hybridized carbons (Fsp3) is 0.304. The third-order valence-corrected chi connectivity index (χ3v) is 4.84. The van der Waals surface area contributed by atoms with E-state index in [4.69, 9.17) is 15.2 Å². The lowest BCUT2D eigenvalue weighted by atomic mass is 9.85. The number of benzene rings is 2. The van der Waals surface area contributed by atoms with E-state index < -0.39 is 0 Å². The van der Waals surface area contributed by atoms with Crippen LogP contribution in [0.1, 0.15) is 55.8 Å². The number of ketones is 1. The van der Waals surface area contributed by atoms with Gasteiger partial charge in [-0.2, -0.15) is 5.10 Å². The fourth-order valence-corrected chi connectivity index (χ4v) is 3.42. The molecule has 3 N–H and O–H groups in total. The summed E-state index contributed by atoms with van der Waals surface area (Å²) in [5.41, 5.74) is 9.50. The van der Waals surface area contributed by atoms with E-state index in [0.717, 1.165) is 16.8 Å². The Balaban J connectivity index is 2.00. The Labute approximate surface area is 171 Å². The van der Waals surface area contributed by atoms with Gasteiger partial charge in [-0.05, 0) is 42.7 Å². The summed E-state index contributed by atoms with van der Waals surface area (Å²) in [4.78, 5) is 12.0. The van der Waals surface area contributed by atoms with E-state index in [9.17, 15) is 4.79 Å². The molecule has 3 rings (SSSR count). The molecular weight excluding hydrogens is 366 g/mol. The van der Waals surface area contributed by atoms with Crippen molar-refractivity contribution in [2.75, 3.05) is 12.8 Å². The predicted molar refractivity (Wildman–Crippen MR) is 114 cm³/mol. The van der Waals surface area contributed by atoms with Crippen LogP contribution in [0.15, 0.2) is 48.7 Å². The molecule has 1 atom stereocenters. The number of rotatable bonds is 8. The molecule has 0 aliphatic rings. The molecule has 2 aromatic carbocycles. The van der Waals surface area contributed by atoms with Crippen LogP contribution in [0.25, 0.3) is 0 Å². The summed E-state index contributed by atoms with van der Waals surface area (Å²) in [5.74, 6) is 1.95. The van der Waals surface area contributed by atoms with E-state index in [2.05, 4.69) is 24.0 Å². The maximum absolute atomic E-state index is 12.0. The van der Waals surface area contributed by atoms with Gasteiger partial charge in [0.2, 0.25) is 0 Å². The largest absolute Gasteiger partial charge is 0.493 e. The molecule has 29 heavy (non-hydrogen) atoms. The number of ether oxygens (including phenoxy) is 2. The molecule has 6 heteroatoms. The Morgan fingerprint density at radius 2 is 1.90 bits per heavy atom. The molecule has 3 aromatic rings. The van der Waals surface area contributed by atoms with Gasteiger partial charge in [-0.1, -0.05) is 32.0 Å². The zero-order valence-corrected chi connectivity index (χ0v) is 17.2. The van der Waals surface area contributed by atoms with Crippen LogP contribution in [0.2, 0.25) is 0 Å². The molecule has 6 nitrogen and oxygen atoms in total. The highest BCUT2D eigenvalue weighted by Crippen LogP contribution is 2.39. The molecule has 0 saturated heterocycles. The number of Topliss-reactive ketones (excluding diaryl/α,β-unsaturated/α-hetero) is 1. The topological polar surface area (TPSA) is 90.2 Å². The van der Waals surface area contributed by atoms with Crippen molar-refractivity contribution < 1.29 is 14.3 Å². The lowest BCUT2D eigenvalue weighted by molar-refractivity contribution is -0.117. The standard InChI is InChI=1S/C23H27N3O3/c1-14(2)23-18(13-25-26-23)17(11-15(3)27)16-9-10-21(22(12-16)28-4)29-20-8-6-5-7-19(20)24/h5-10,12-14,17H,11,24H2,1-4H3,(H,25,26). The summed E-state index contributed by atoms with van der Waals surface area (Å²) in [6.07, 6.45) is 2.26. The van der Waals surface area contributed by atoms with Crippen LogP contribution in [0.5, 0.6) is 17.2 Å². The number of carbonyl (C=O) groups is 1. The minimum absolute atomic E-state index is 0.113. The fourth-order valence-electron chi connectivity index (χ4n) is 3.42. The molecule has 0 aliphatic carbocycles. The molecule has 1 heterocycles. The number of nitrogens with two attached hydrogens (primary N) is 1. The lowest BCUT2D eigenvalue weighted by Crippen LogP contribution is -2.09. The average Bonchev–Trinajstić information content (AvgIpc) is 3.18. The quantitative estimate of drug-likeness (QED) is 0.524. The highest BCUT2D eigenvalue weighted by molar-refractivity contribution is 5.77. The monoisotopic (exact) mass is 393 g/mol. The Kier molecular flexibility index (Phi) is 6.22. The number of methoxy groups -OCH3 is 1. The van der Waals surface area contributed by atoms with Crippen molar-refractivity contribution in [3.8, 4) is 17.2 Å². The molecule has 152 valence electrons. The van der Waals surface area contributed by atoms with Gasteiger partial charge >= 0.3 is 0 Å². The SMILES string of the molecule is COc1cc(C(CC(C)=O)c2c[nH]nc2C(C)C)ccc1Oc1ccccc1N. The van der Waals surface area contributed by atoms with Crippen LogP contribution >= 0.6 is 0 Å². The molecule has 1 unspecified atom stereocenters. The van der Waals surface area contributed by atoms with Gasteiger partial charge in [0, 0.05) is 24.1 Å². The average molecular weight is 393 g/mol. The van der Waals surface area contributed by atoms with Crippen molar-refractivity contribution in [3.05, 3.63) is 65.5 Å². The van der Waals surface area contributed by atoms with E-state index in [1.807, 2.05) is 42.6 Å². The van der Waals surface area contributed by atoms with Gasteiger partial charge in [0.1, 0.15) is 5.78 Å². The Morgan fingerprint density at radius 1 is 1.14 bits per heavy atom. The first kappa shape index (κ1) is 20.5. The van der Waals surface area contributed by atoms with Crippen molar-refractivity contribution in [1.82, 2.24) is 10.2 Å². The Hall–Kier alpha value is -3.28. The second-order valence-corrected chi connectivity index (χ2v) is 7.39. The molecule has 0 amide bonds. The van der Waals surface area contributed by atoms with Crippen molar-refractivity contribution in [1.29, 1.82) is 0 Å². The van der Waals surface area contributed by atoms with E-state index in [-0.39, 0.29) is 17.6 Å². The third-order valence-electron chi connectivity index (χ3n) is 4.84. The number of aromatic nitrogens is 2. The number of carbonyl (C=O) groups excluding carboxylic acids is 1. The number of hydrogen-bond donors (Lipinski definition) is 2. The van der Waals surface area contributed by atoms with Crippen molar-refractivity contribution in [2.45, 2.75) is 39.0 Å².